The Labute approximate surface area is 117 Å². The van der Waals surface area contributed by atoms with E-state index in [-0.39, 0.29) is 17.8 Å². The zero-order valence-electron chi connectivity index (χ0n) is 10.9. The van der Waals surface area contributed by atoms with Crippen LogP contribution in [-0.4, -0.2) is 18.0 Å². The quantitative estimate of drug-likeness (QED) is 0.864. The van der Waals surface area contributed by atoms with Crippen LogP contribution in [-0.2, 0) is 14.3 Å². The number of hydrogen-bond acceptors (Lipinski definition) is 3. The van der Waals surface area contributed by atoms with Crippen LogP contribution in [0, 0.1) is 12.8 Å². The smallest absolute Gasteiger partial charge is 0.309 e. The number of hydrogen-bond donors (Lipinski definition) is 1. The van der Waals surface area contributed by atoms with Crippen molar-refractivity contribution in [3.63, 3.8) is 0 Å². The lowest BCUT2D eigenvalue weighted by atomic mass is 10.2. The summed E-state index contributed by atoms with van der Waals surface area (Å²) >= 11 is 5.88. The summed E-state index contributed by atoms with van der Waals surface area (Å²) in [6, 6.07) is 5.24. The average molecular weight is 282 g/mol. The molecule has 1 aromatic carbocycles. The van der Waals surface area contributed by atoms with E-state index in [1.807, 2.05) is 13.0 Å². The number of aryl methyl sites for hydroxylation is 1. The van der Waals surface area contributed by atoms with E-state index < -0.39 is 6.10 Å². The first kappa shape index (κ1) is 13.9. The number of benzene rings is 1. The van der Waals surface area contributed by atoms with Crippen molar-refractivity contribution in [3.05, 3.63) is 28.8 Å². The van der Waals surface area contributed by atoms with Gasteiger partial charge in [0, 0.05) is 10.7 Å². The van der Waals surface area contributed by atoms with Crippen LogP contribution in [0.5, 0.6) is 0 Å². The van der Waals surface area contributed by atoms with Crippen molar-refractivity contribution in [1.29, 1.82) is 0 Å². The molecule has 1 atom stereocenters. The van der Waals surface area contributed by atoms with Gasteiger partial charge >= 0.3 is 5.97 Å². The predicted molar refractivity (Wildman–Crippen MR) is 73.1 cm³/mol. The van der Waals surface area contributed by atoms with Gasteiger partial charge in [0.1, 0.15) is 0 Å². The van der Waals surface area contributed by atoms with Gasteiger partial charge in [0.05, 0.1) is 5.92 Å². The van der Waals surface area contributed by atoms with Gasteiger partial charge in [-0.25, -0.2) is 0 Å². The number of nitrogens with one attached hydrogen (secondary N) is 1. The third-order valence-electron chi connectivity index (χ3n) is 3.03. The standard InChI is InChI=1S/C14H16ClNO3/c1-8-3-6-11(15)7-12(8)16-13(17)9(2)19-14(18)10-4-5-10/h3,6-7,9-10H,4-5H2,1-2H3,(H,16,17)/t9-/m1/s1. The minimum atomic E-state index is -0.800. The third-order valence-corrected chi connectivity index (χ3v) is 3.27. The molecule has 0 saturated heterocycles. The number of halogens is 1. The maximum atomic E-state index is 11.9. The molecule has 0 spiro atoms. The average Bonchev–Trinajstić information content (AvgIpc) is 3.17. The minimum Gasteiger partial charge on any atom is -0.452 e. The van der Waals surface area contributed by atoms with Gasteiger partial charge in [-0.3, -0.25) is 9.59 Å². The number of carbonyl (C=O) groups excluding carboxylic acids is 2. The third kappa shape index (κ3) is 3.70. The van der Waals surface area contributed by atoms with Gasteiger partial charge < -0.3 is 10.1 Å². The molecule has 2 rings (SSSR count). The lowest BCUT2D eigenvalue weighted by Gasteiger charge is -2.14. The molecule has 1 fully saturated rings. The Balaban J connectivity index is 1.95. The lowest BCUT2D eigenvalue weighted by molar-refractivity contribution is -0.154. The van der Waals surface area contributed by atoms with Gasteiger partial charge in [-0.1, -0.05) is 17.7 Å². The molecule has 102 valence electrons. The molecule has 0 heterocycles. The van der Waals surface area contributed by atoms with Crippen LogP contribution >= 0.6 is 11.6 Å². The van der Waals surface area contributed by atoms with Gasteiger partial charge in [-0.2, -0.15) is 0 Å². The lowest BCUT2D eigenvalue weighted by Crippen LogP contribution is -2.30. The summed E-state index contributed by atoms with van der Waals surface area (Å²) in [6.45, 7) is 3.43. The molecule has 5 heteroatoms. The van der Waals surface area contributed by atoms with Crippen molar-refractivity contribution >= 4 is 29.2 Å². The number of carbonyl (C=O) groups is 2. The monoisotopic (exact) mass is 281 g/mol. The number of esters is 1. The SMILES string of the molecule is Cc1ccc(Cl)cc1NC(=O)[C@@H](C)OC(=O)C1CC1. The second-order valence-corrected chi connectivity index (χ2v) is 5.24. The molecule has 1 amide bonds. The van der Waals surface area contributed by atoms with Crippen LogP contribution in [0.15, 0.2) is 18.2 Å². The van der Waals surface area contributed by atoms with Gasteiger partial charge in [-0.05, 0) is 44.4 Å². The number of amides is 1. The van der Waals surface area contributed by atoms with Crippen LogP contribution < -0.4 is 5.32 Å². The van der Waals surface area contributed by atoms with Crippen molar-refractivity contribution < 1.29 is 14.3 Å². The molecule has 0 unspecified atom stereocenters. The fraction of sp³-hybridized carbons (Fsp3) is 0.429. The largest absolute Gasteiger partial charge is 0.452 e. The zero-order chi connectivity index (χ0) is 14.0. The molecule has 1 saturated carbocycles. The fourth-order valence-electron chi connectivity index (χ4n) is 1.61. The number of rotatable bonds is 4. The van der Waals surface area contributed by atoms with Crippen LogP contribution in [0.25, 0.3) is 0 Å². The summed E-state index contributed by atoms with van der Waals surface area (Å²) in [7, 11) is 0. The van der Waals surface area contributed by atoms with Gasteiger partial charge in [-0.15, -0.1) is 0 Å². The molecule has 0 aliphatic heterocycles. The van der Waals surface area contributed by atoms with Crippen LogP contribution in [0.2, 0.25) is 5.02 Å². The van der Waals surface area contributed by atoms with E-state index >= 15 is 0 Å². The Morgan fingerprint density at radius 3 is 2.74 bits per heavy atom. The van der Waals surface area contributed by atoms with Gasteiger partial charge in [0.15, 0.2) is 6.10 Å². The summed E-state index contributed by atoms with van der Waals surface area (Å²) in [5.74, 6) is -0.645. The Bertz CT molecular complexity index is 511. The Morgan fingerprint density at radius 1 is 1.42 bits per heavy atom. The molecule has 4 nitrogen and oxygen atoms in total. The fourth-order valence-corrected chi connectivity index (χ4v) is 1.78. The molecule has 1 N–H and O–H groups in total. The normalized spacial score (nSPS) is 15.7. The van der Waals surface area contributed by atoms with Crippen molar-refractivity contribution in [3.8, 4) is 0 Å². The maximum Gasteiger partial charge on any atom is 0.309 e. The maximum absolute atomic E-state index is 11.9. The van der Waals surface area contributed by atoms with Crippen LogP contribution in [0.4, 0.5) is 5.69 Å². The van der Waals surface area contributed by atoms with E-state index in [4.69, 9.17) is 16.3 Å². The molecular formula is C14H16ClNO3. The number of ether oxygens (including phenoxy) is 1. The number of anilines is 1. The van der Waals surface area contributed by atoms with Crippen molar-refractivity contribution in [2.24, 2.45) is 5.92 Å². The van der Waals surface area contributed by atoms with E-state index in [0.29, 0.717) is 10.7 Å². The summed E-state index contributed by atoms with van der Waals surface area (Å²) in [4.78, 5) is 23.4. The molecule has 0 bridgehead atoms. The Morgan fingerprint density at radius 2 is 2.11 bits per heavy atom. The summed E-state index contributed by atoms with van der Waals surface area (Å²) < 4.78 is 5.09. The molecule has 1 aliphatic carbocycles. The van der Waals surface area contributed by atoms with Crippen LogP contribution in [0.3, 0.4) is 0 Å². The Hall–Kier alpha value is -1.55. The van der Waals surface area contributed by atoms with E-state index in [1.165, 1.54) is 0 Å². The first-order chi connectivity index (χ1) is 8.97. The second-order valence-electron chi connectivity index (χ2n) is 4.80. The highest BCUT2D eigenvalue weighted by molar-refractivity contribution is 6.31. The second kappa shape index (κ2) is 5.61. The summed E-state index contributed by atoms with van der Waals surface area (Å²) in [5, 5.41) is 3.26. The molecule has 1 aliphatic rings. The highest BCUT2D eigenvalue weighted by atomic mass is 35.5. The summed E-state index contributed by atoms with van der Waals surface area (Å²) in [6.07, 6.45) is 0.924. The predicted octanol–water partition coefficient (Wildman–Crippen LogP) is 2.93. The van der Waals surface area contributed by atoms with E-state index in [9.17, 15) is 9.59 Å². The molecule has 1 aromatic rings. The van der Waals surface area contributed by atoms with Crippen molar-refractivity contribution in [2.45, 2.75) is 32.8 Å². The van der Waals surface area contributed by atoms with Crippen LogP contribution in [0.1, 0.15) is 25.3 Å². The summed E-state index contributed by atoms with van der Waals surface area (Å²) in [5.41, 5.74) is 1.53. The van der Waals surface area contributed by atoms with E-state index in [2.05, 4.69) is 5.32 Å². The highest BCUT2D eigenvalue weighted by Gasteiger charge is 2.33. The highest BCUT2D eigenvalue weighted by Crippen LogP contribution is 2.30. The first-order valence-electron chi connectivity index (χ1n) is 6.25. The minimum absolute atomic E-state index is 0.0110. The molecule has 0 aromatic heterocycles. The topological polar surface area (TPSA) is 55.4 Å². The molecule has 19 heavy (non-hydrogen) atoms. The van der Waals surface area contributed by atoms with Crippen molar-refractivity contribution in [2.75, 3.05) is 5.32 Å². The zero-order valence-corrected chi connectivity index (χ0v) is 11.7. The molecule has 0 radical (unpaired) electrons. The van der Waals surface area contributed by atoms with Gasteiger partial charge in [0.25, 0.3) is 5.91 Å². The molecular weight excluding hydrogens is 266 g/mol. The van der Waals surface area contributed by atoms with E-state index in [0.717, 1.165) is 18.4 Å². The Kier molecular flexibility index (Phi) is 4.10. The first-order valence-corrected chi connectivity index (χ1v) is 6.62. The van der Waals surface area contributed by atoms with E-state index in [1.54, 1.807) is 19.1 Å². The van der Waals surface area contributed by atoms with Crippen molar-refractivity contribution in [1.82, 2.24) is 0 Å². The van der Waals surface area contributed by atoms with Gasteiger partial charge in [0.2, 0.25) is 0 Å².